The van der Waals surface area contributed by atoms with Gasteiger partial charge in [-0.25, -0.2) is 0 Å². The SMILES string of the molecule is CC1(C)[C@H]2CC[C@]1(C)C[NH2+]C2. The Bertz CT molecular complexity index is 167. The van der Waals surface area contributed by atoms with Crippen molar-refractivity contribution in [2.45, 2.75) is 33.6 Å². The second kappa shape index (κ2) is 2.01. The van der Waals surface area contributed by atoms with Crippen LogP contribution in [0.1, 0.15) is 33.6 Å². The highest BCUT2D eigenvalue weighted by atomic mass is 14.9. The molecule has 0 unspecified atom stereocenters. The second-order valence-corrected chi connectivity index (χ2v) is 5.25. The molecule has 0 spiro atoms. The zero-order valence-electron chi connectivity index (χ0n) is 7.98. The van der Waals surface area contributed by atoms with Gasteiger partial charge in [0.25, 0.3) is 0 Å². The smallest absolute Gasteiger partial charge is 0.0815 e. The minimum Gasteiger partial charge on any atom is -0.346 e. The van der Waals surface area contributed by atoms with Crippen LogP contribution in [0.4, 0.5) is 0 Å². The molecule has 1 saturated heterocycles. The molecule has 64 valence electrons. The summed E-state index contributed by atoms with van der Waals surface area (Å²) in [5.74, 6) is 0.987. The lowest BCUT2D eigenvalue weighted by Gasteiger charge is -2.43. The first-order chi connectivity index (χ1) is 5.06. The van der Waals surface area contributed by atoms with Gasteiger partial charge in [-0.3, -0.25) is 0 Å². The Labute approximate surface area is 69.6 Å². The van der Waals surface area contributed by atoms with Crippen molar-refractivity contribution in [2.24, 2.45) is 16.7 Å². The Morgan fingerprint density at radius 3 is 2.55 bits per heavy atom. The maximum Gasteiger partial charge on any atom is 0.0815 e. The summed E-state index contributed by atoms with van der Waals surface area (Å²) in [7, 11) is 0. The second-order valence-electron chi connectivity index (χ2n) is 5.25. The van der Waals surface area contributed by atoms with Gasteiger partial charge in [-0.2, -0.15) is 0 Å². The lowest BCUT2D eigenvalue weighted by molar-refractivity contribution is -0.685. The predicted molar refractivity (Wildman–Crippen MR) is 46.3 cm³/mol. The Kier molecular flexibility index (Phi) is 1.39. The quantitative estimate of drug-likeness (QED) is 0.536. The maximum atomic E-state index is 2.52. The van der Waals surface area contributed by atoms with Crippen LogP contribution in [0.15, 0.2) is 0 Å². The highest BCUT2D eigenvalue weighted by Crippen LogP contribution is 2.55. The van der Waals surface area contributed by atoms with E-state index in [1.807, 2.05) is 0 Å². The van der Waals surface area contributed by atoms with E-state index in [1.54, 1.807) is 0 Å². The standard InChI is InChI=1S/C10H19N/c1-9(2)8-4-5-10(9,3)7-11-6-8/h8,11H,4-7H2,1-3H3/p+1/t8-,10+/m0/s1. The lowest BCUT2D eigenvalue weighted by Crippen LogP contribution is -2.91. The van der Waals surface area contributed by atoms with Gasteiger partial charge in [0, 0.05) is 11.3 Å². The molecule has 1 aliphatic carbocycles. The van der Waals surface area contributed by atoms with Gasteiger partial charge >= 0.3 is 0 Å². The fourth-order valence-corrected chi connectivity index (χ4v) is 3.05. The van der Waals surface area contributed by atoms with Crippen LogP contribution in [0.5, 0.6) is 0 Å². The fourth-order valence-electron chi connectivity index (χ4n) is 3.05. The van der Waals surface area contributed by atoms with Gasteiger partial charge < -0.3 is 5.32 Å². The Morgan fingerprint density at radius 1 is 1.27 bits per heavy atom. The average Bonchev–Trinajstić information content (AvgIpc) is 2.17. The molecule has 2 N–H and O–H groups in total. The zero-order valence-corrected chi connectivity index (χ0v) is 7.98. The van der Waals surface area contributed by atoms with E-state index in [4.69, 9.17) is 0 Å². The summed E-state index contributed by atoms with van der Waals surface area (Å²) in [5.41, 5.74) is 1.25. The molecule has 2 bridgehead atoms. The molecule has 2 aliphatic rings. The van der Waals surface area contributed by atoms with Gasteiger partial charge in [0.2, 0.25) is 0 Å². The summed E-state index contributed by atoms with van der Waals surface area (Å²) < 4.78 is 0. The van der Waals surface area contributed by atoms with Crippen LogP contribution in [-0.2, 0) is 0 Å². The molecule has 2 fully saturated rings. The van der Waals surface area contributed by atoms with Crippen molar-refractivity contribution >= 4 is 0 Å². The molecule has 1 saturated carbocycles. The maximum absolute atomic E-state index is 2.52. The van der Waals surface area contributed by atoms with Crippen molar-refractivity contribution in [3.63, 3.8) is 0 Å². The first-order valence-electron chi connectivity index (χ1n) is 4.88. The highest BCUT2D eigenvalue weighted by molar-refractivity contribution is 5.01. The topological polar surface area (TPSA) is 16.6 Å². The molecular weight excluding hydrogens is 134 g/mol. The Balaban J connectivity index is 2.33. The van der Waals surface area contributed by atoms with E-state index in [0.717, 1.165) is 5.92 Å². The summed E-state index contributed by atoms with van der Waals surface area (Å²) >= 11 is 0. The average molecular weight is 154 g/mol. The van der Waals surface area contributed by atoms with Gasteiger partial charge in [-0.1, -0.05) is 20.8 Å². The molecule has 0 aromatic rings. The first-order valence-corrected chi connectivity index (χ1v) is 4.88. The number of hydrogen-bond acceptors (Lipinski definition) is 0. The summed E-state index contributed by atoms with van der Waals surface area (Å²) in [6, 6.07) is 0. The molecule has 1 heterocycles. The van der Waals surface area contributed by atoms with Crippen molar-refractivity contribution in [1.29, 1.82) is 0 Å². The number of fused-ring (bicyclic) bond motifs is 2. The van der Waals surface area contributed by atoms with Crippen molar-refractivity contribution in [2.75, 3.05) is 13.1 Å². The van der Waals surface area contributed by atoms with Crippen molar-refractivity contribution in [3.8, 4) is 0 Å². The van der Waals surface area contributed by atoms with E-state index in [2.05, 4.69) is 26.1 Å². The van der Waals surface area contributed by atoms with Gasteiger partial charge in [0.15, 0.2) is 0 Å². The van der Waals surface area contributed by atoms with E-state index in [1.165, 1.54) is 25.9 Å². The molecule has 1 nitrogen and oxygen atoms in total. The first kappa shape index (κ1) is 7.60. The van der Waals surface area contributed by atoms with Crippen LogP contribution < -0.4 is 5.32 Å². The van der Waals surface area contributed by atoms with Crippen LogP contribution in [0.25, 0.3) is 0 Å². The zero-order chi connectivity index (χ0) is 8.11. The molecular formula is C10H20N+. The Hall–Kier alpha value is -0.0400. The van der Waals surface area contributed by atoms with E-state index in [0.29, 0.717) is 10.8 Å². The van der Waals surface area contributed by atoms with Gasteiger partial charge in [-0.15, -0.1) is 0 Å². The number of piperidine rings is 1. The van der Waals surface area contributed by atoms with Crippen LogP contribution in [-0.4, -0.2) is 13.1 Å². The largest absolute Gasteiger partial charge is 0.346 e. The van der Waals surface area contributed by atoms with Crippen LogP contribution in [0, 0.1) is 16.7 Å². The molecule has 0 amide bonds. The van der Waals surface area contributed by atoms with Gasteiger partial charge in [0.05, 0.1) is 13.1 Å². The summed E-state index contributed by atoms with van der Waals surface area (Å²) in [4.78, 5) is 0. The van der Waals surface area contributed by atoms with Crippen LogP contribution in [0.3, 0.4) is 0 Å². The van der Waals surface area contributed by atoms with Crippen molar-refractivity contribution in [1.82, 2.24) is 0 Å². The molecule has 0 aromatic carbocycles. The molecule has 0 radical (unpaired) electrons. The highest BCUT2D eigenvalue weighted by Gasteiger charge is 2.55. The molecule has 11 heavy (non-hydrogen) atoms. The summed E-state index contributed by atoms with van der Waals surface area (Å²) in [6.07, 6.45) is 2.93. The predicted octanol–water partition coefficient (Wildman–Crippen LogP) is 1.01. The number of rotatable bonds is 0. The summed E-state index contributed by atoms with van der Waals surface area (Å²) in [6.45, 7) is 10.1. The minimum atomic E-state index is 0.613. The van der Waals surface area contributed by atoms with Gasteiger partial charge in [0.1, 0.15) is 0 Å². The third-order valence-corrected chi connectivity index (χ3v) is 4.67. The molecule has 1 aliphatic heterocycles. The van der Waals surface area contributed by atoms with E-state index in [9.17, 15) is 0 Å². The Morgan fingerprint density at radius 2 is 2.00 bits per heavy atom. The molecule has 2 rings (SSSR count). The minimum absolute atomic E-state index is 0.613. The van der Waals surface area contributed by atoms with Crippen LogP contribution in [0.2, 0.25) is 0 Å². The van der Waals surface area contributed by atoms with Crippen molar-refractivity contribution < 1.29 is 5.32 Å². The van der Waals surface area contributed by atoms with Crippen molar-refractivity contribution in [3.05, 3.63) is 0 Å². The normalized spacial score (nSPS) is 47.7. The monoisotopic (exact) mass is 154 g/mol. The number of nitrogens with two attached hydrogens (primary N) is 1. The number of hydrogen-bond donors (Lipinski definition) is 1. The van der Waals surface area contributed by atoms with E-state index in [-0.39, 0.29) is 0 Å². The van der Waals surface area contributed by atoms with E-state index >= 15 is 0 Å². The molecule has 1 heteroatoms. The fraction of sp³-hybridized carbons (Fsp3) is 1.00. The molecule has 2 atom stereocenters. The van der Waals surface area contributed by atoms with Gasteiger partial charge in [-0.05, 0) is 18.3 Å². The lowest BCUT2D eigenvalue weighted by atomic mass is 9.64. The number of quaternary nitrogens is 1. The third-order valence-electron chi connectivity index (χ3n) is 4.67. The molecule has 0 aromatic heterocycles. The summed E-state index contributed by atoms with van der Waals surface area (Å²) in [5, 5.41) is 2.52. The van der Waals surface area contributed by atoms with Crippen LogP contribution >= 0.6 is 0 Å². The third kappa shape index (κ3) is 0.807. The van der Waals surface area contributed by atoms with E-state index < -0.39 is 0 Å².